The first kappa shape index (κ1) is 22.6. The molecule has 1 saturated heterocycles. The average Bonchev–Trinajstić information content (AvgIpc) is 3.21. The van der Waals surface area contributed by atoms with Crippen LogP contribution >= 0.6 is 0 Å². The van der Waals surface area contributed by atoms with Gasteiger partial charge in [-0.25, -0.2) is 9.97 Å². The van der Waals surface area contributed by atoms with Crippen molar-refractivity contribution in [3.8, 4) is 17.0 Å². The molecule has 0 spiro atoms. The number of ether oxygens (including phenoxy) is 1. The topological polar surface area (TPSA) is 102 Å². The lowest BCUT2D eigenvalue weighted by atomic mass is 10.1. The van der Waals surface area contributed by atoms with Gasteiger partial charge >= 0.3 is 0 Å². The lowest BCUT2D eigenvalue weighted by Gasteiger charge is -2.34. The predicted octanol–water partition coefficient (Wildman–Crippen LogP) is 4.05. The number of nitro groups is 1. The fraction of sp³-hybridized carbons (Fsp3) is 0.280. The number of nitro benzene ring substituents is 1. The van der Waals surface area contributed by atoms with Crippen molar-refractivity contribution in [2.24, 2.45) is 7.05 Å². The Morgan fingerprint density at radius 1 is 1.09 bits per heavy atom. The molecular weight excluding hydrogens is 446 g/mol. The van der Waals surface area contributed by atoms with E-state index in [9.17, 15) is 10.1 Å². The third-order valence-electron chi connectivity index (χ3n) is 6.41. The van der Waals surface area contributed by atoms with Gasteiger partial charge in [0, 0.05) is 74.2 Å². The summed E-state index contributed by atoms with van der Waals surface area (Å²) in [4.78, 5) is 24.9. The summed E-state index contributed by atoms with van der Waals surface area (Å²) in [5.41, 5.74) is 3.84. The number of para-hydroxylation sites is 1. The summed E-state index contributed by atoms with van der Waals surface area (Å²) < 4.78 is 7.66. The number of methoxy groups -OCH3 is 1. The fourth-order valence-corrected chi connectivity index (χ4v) is 4.51. The van der Waals surface area contributed by atoms with Crippen LogP contribution in [0.4, 0.5) is 23.0 Å². The maximum absolute atomic E-state index is 12.0. The molecule has 35 heavy (non-hydrogen) atoms. The zero-order chi connectivity index (χ0) is 24.5. The highest BCUT2D eigenvalue weighted by atomic mass is 16.6. The van der Waals surface area contributed by atoms with E-state index in [-0.39, 0.29) is 10.6 Å². The molecule has 0 unspecified atom stereocenters. The summed E-state index contributed by atoms with van der Waals surface area (Å²) in [5.74, 6) is 0.819. The van der Waals surface area contributed by atoms with Crippen molar-refractivity contribution >= 4 is 33.9 Å². The van der Waals surface area contributed by atoms with E-state index in [4.69, 9.17) is 9.72 Å². The van der Waals surface area contributed by atoms with Gasteiger partial charge in [0.2, 0.25) is 5.95 Å². The highest BCUT2D eigenvalue weighted by molar-refractivity contribution is 5.95. The first-order valence-corrected chi connectivity index (χ1v) is 11.4. The first-order chi connectivity index (χ1) is 16.9. The number of nitrogens with one attached hydrogen (secondary N) is 1. The molecule has 3 heterocycles. The highest BCUT2D eigenvalue weighted by Gasteiger charge is 2.26. The standard InChI is InChI=1S/C25H27N7O3/c1-29-10-12-31(13-11-29)22-15-24(35-3)20(14-23(22)32(33)34)28-25-26-9-8-19(27-25)18-16-30(2)21-7-5-4-6-17(18)21/h4-9,14-16H,10-13H2,1-3H3,(H,26,27,28). The van der Waals surface area contributed by atoms with E-state index in [1.807, 2.05) is 43.4 Å². The zero-order valence-corrected chi connectivity index (χ0v) is 19.9. The van der Waals surface area contributed by atoms with Gasteiger partial charge < -0.3 is 24.4 Å². The van der Waals surface area contributed by atoms with Crippen molar-refractivity contribution in [3.05, 3.63) is 65.0 Å². The second kappa shape index (κ2) is 9.22. The number of rotatable bonds is 6. The van der Waals surface area contributed by atoms with Crippen LogP contribution in [0.25, 0.3) is 22.2 Å². The molecule has 0 bridgehead atoms. The Labute approximate surface area is 202 Å². The first-order valence-electron chi connectivity index (χ1n) is 11.4. The molecule has 1 aliphatic rings. The van der Waals surface area contributed by atoms with Crippen LogP contribution in [-0.4, -0.2) is 64.7 Å². The van der Waals surface area contributed by atoms with Gasteiger partial charge in [-0.1, -0.05) is 18.2 Å². The Bertz CT molecular complexity index is 1390. The van der Waals surface area contributed by atoms with Crippen molar-refractivity contribution in [3.63, 3.8) is 0 Å². The van der Waals surface area contributed by atoms with Gasteiger partial charge in [0.25, 0.3) is 5.69 Å². The Balaban J connectivity index is 1.50. The number of hydrogen-bond acceptors (Lipinski definition) is 8. The third-order valence-corrected chi connectivity index (χ3v) is 6.41. The molecule has 1 N–H and O–H groups in total. The minimum Gasteiger partial charge on any atom is -0.494 e. The molecule has 5 rings (SSSR count). The Morgan fingerprint density at radius 2 is 1.86 bits per heavy atom. The molecule has 1 fully saturated rings. The van der Waals surface area contributed by atoms with E-state index >= 15 is 0 Å². The lowest BCUT2D eigenvalue weighted by Crippen LogP contribution is -2.44. The van der Waals surface area contributed by atoms with Crippen LogP contribution in [0.1, 0.15) is 0 Å². The predicted molar refractivity (Wildman–Crippen MR) is 137 cm³/mol. The molecule has 0 amide bonds. The number of aryl methyl sites for hydroxylation is 1. The lowest BCUT2D eigenvalue weighted by molar-refractivity contribution is -0.384. The number of hydrogen-bond donors (Lipinski definition) is 1. The number of piperazine rings is 1. The minimum atomic E-state index is -0.355. The van der Waals surface area contributed by atoms with Gasteiger partial charge in [0.05, 0.1) is 23.4 Å². The van der Waals surface area contributed by atoms with Gasteiger partial charge in [-0.15, -0.1) is 0 Å². The quantitative estimate of drug-likeness (QED) is 0.331. The molecule has 0 radical (unpaired) electrons. The van der Waals surface area contributed by atoms with Crippen molar-refractivity contribution < 1.29 is 9.66 Å². The summed E-state index contributed by atoms with van der Waals surface area (Å²) in [6.45, 7) is 3.11. The second-order valence-corrected chi connectivity index (χ2v) is 8.65. The van der Waals surface area contributed by atoms with E-state index in [1.165, 1.54) is 6.07 Å². The van der Waals surface area contributed by atoms with Gasteiger partial charge in [0.15, 0.2) is 0 Å². The van der Waals surface area contributed by atoms with Crippen LogP contribution in [0, 0.1) is 10.1 Å². The van der Waals surface area contributed by atoms with Crippen molar-refractivity contribution in [1.29, 1.82) is 0 Å². The number of likely N-dealkylation sites (N-methyl/N-ethyl adjacent to an activating group) is 1. The van der Waals surface area contributed by atoms with Crippen LogP contribution in [0.3, 0.4) is 0 Å². The van der Waals surface area contributed by atoms with Crippen LogP contribution < -0.4 is 15.0 Å². The number of aromatic nitrogens is 3. The average molecular weight is 474 g/mol. The third kappa shape index (κ3) is 4.35. The van der Waals surface area contributed by atoms with Crippen LogP contribution in [0.5, 0.6) is 5.75 Å². The molecule has 2 aromatic carbocycles. The number of nitrogens with zero attached hydrogens (tertiary/aromatic N) is 6. The SMILES string of the molecule is COc1cc(N2CCN(C)CC2)c([N+](=O)[O-])cc1Nc1nccc(-c2cn(C)c3ccccc23)n1. The van der Waals surface area contributed by atoms with Crippen molar-refractivity contribution in [2.75, 3.05) is 50.6 Å². The van der Waals surface area contributed by atoms with Crippen LogP contribution in [0.2, 0.25) is 0 Å². The normalized spacial score (nSPS) is 14.3. The maximum atomic E-state index is 12.0. The zero-order valence-electron chi connectivity index (χ0n) is 19.9. The Morgan fingerprint density at radius 3 is 2.60 bits per heavy atom. The molecule has 0 aliphatic carbocycles. The van der Waals surface area contributed by atoms with Crippen molar-refractivity contribution in [1.82, 2.24) is 19.4 Å². The number of anilines is 3. The van der Waals surface area contributed by atoms with Gasteiger partial charge in [0.1, 0.15) is 11.4 Å². The molecule has 0 atom stereocenters. The highest BCUT2D eigenvalue weighted by Crippen LogP contribution is 2.39. The molecule has 4 aromatic rings. The van der Waals surface area contributed by atoms with Crippen LogP contribution in [0.15, 0.2) is 54.9 Å². The van der Waals surface area contributed by atoms with E-state index in [0.717, 1.165) is 35.2 Å². The molecule has 10 nitrogen and oxygen atoms in total. The van der Waals surface area contributed by atoms with Crippen molar-refractivity contribution in [2.45, 2.75) is 0 Å². The molecule has 0 saturated carbocycles. The Hall–Kier alpha value is -4.18. The van der Waals surface area contributed by atoms with E-state index in [1.54, 1.807) is 19.4 Å². The van der Waals surface area contributed by atoms with Gasteiger partial charge in [-0.05, 0) is 19.2 Å². The largest absolute Gasteiger partial charge is 0.494 e. The molecular formula is C25H27N7O3. The fourth-order valence-electron chi connectivity index (χ4n) is 4.51. The maximum Gasteiger partial charge on any atom is 0.294 e. The summed E-state index contributed by atoms with van der Waals surface area (Å²) >= 11 is 0. The van der Waals surface area contributed by atoms with Gasteiger partial charge in [-0.3, -0.25) is 10.1 Å². The Kier molecular flexibility index (Phi) is 5.96. The summed E-state index contributed by atoms with van der Waals surface area (Å²) in [5, 5.41) is 16.2. The number of fused-ring (bicyclic) bond motifs is 1. The summed E-state index contributed by atoms with van der Waals surface area (Å²) in [6.07, 6.45) is 3.71. The molecule has 2 aromatic heterocycles. The summed E-state index contributed by atoms with van der Waals surface area (Å²) in [7, 11) is 5.59. The van der Waals surface area contributed by atoms with E-state index in [2.05, 4.69) is 31.9 Å². The van der Waals surface area contributed by atoms with Crippen LogP contribution in [-0.2, 0) is 7.05 Å². The second-order valence-electron chi connectivity index (χ2n) is 8.65. The monoisotopic (exact) mass is 473 g/mol. The summed E-state index contributed by atoms with van der Waals surface area (Å²) in [6, 6.07) is 13.2. The minimum absolute atomic E-state index is 0.0167. The molecule has 180 valence electrons. The molecule has 1 aliphatic heterocycles. The number of benzene rings is 2. The van der Waals surface area contributed by atoms with E-state index < -0.39 is 0 Å². The van der Waals surface area contributed by atoms with Gasteiger partial charge in [-0.2, -0.15) is 0 Å². The molecule has 10 heteroatoms. The van der Waals surface area contributed by atoms with E-state index in [0.29, 0.717) is 36.2 Å². The smallest absolute Gasteiger partial charge is 0.294 e.